The van der Waals surface area contributed by atoms with E-state index in [9.17, 15) is 35.5 Å². The van der Waals surface area contributed by atoms with Gasteiger partial charge in [-0.2, -0.15) is 16.8 Å². The van der Waals surface area contributed by atoms with Crippen LogP contribution < -0.4 is 0 Å². The Morgan fingerprint density at radius 2 is 1.13 bits per heavy atom. The Morgan fingerprint density at radius 3 is 1.42 bits per heavy atom. The van der Waals surface area contributed by atoms with Crippen LogP contribution in [0.15, 0.2) is 71.5 Å². The van der Waals surface area contributed by atoms with Gasteiger partial charge in [-0.1, -0.05) is 24.3 Å². The molecule has 164 valence electrons. The highest BCUT2D eigenvalue weighted by Crippen LogP contribution is 2.24. The van der Waals surface area contributed by atoms with E-state index in [0.717, 1.165) is 12.1 Å². The molecule has 0 aromatic heterocycles. The second-order valence-electron chi connectivity index (χ2n) is 6.18. The highest BCUT2D eigenvalue weighted by atomic mass is 32.2. The fourth-order valence-corrected chi connectivity index (χ4v) is 4.41. The maximum absolute atomic E-state index is 12.6. The molecule has 2 aromatic carbocycles. The largest absolute Gasteiger partial charge is 0.386 e. The van der Waals surface area contributed by atoms with Gasteiger partial charge in [-0.25, -0.2) is 9.59 Å². The summed E-state index contributed by atoms with van der Waals surface area (Å²) in [6, 6.07) is 6.90. The van der Waals surface area contributed by atoms with Crippen LogP contribution >= 0.6 is 0 Å². The SMILES string of the molecule is C=CCc1c(C(=O)OC(=O)c2cccc(S(=O)(=O)O)c2CC=C)cccc1S(=O)(=O)O. The van der Waals surface area contributed by atoms with Crippen LogP contribution in [0.4, 0.5) is 0 Å². The number of carbonyl (C=O) groups excluding carboxylic acids is 2. The monoisotopic (exact) mass is 466 g/mol. The van der Waals surface area contributed by atoms with Gasteiger partial charge in [0.1, 0.15) is 0 Å². The Labute approximate surface area is 179 Å². The van der Waals surface area contributed by atoms with Gasteiger partial charge in [-0.15, -0.1) is 13.2 Å². The minimum Gasteiger partial charge on any atom is -0.386 e. The molecular formula is C20H18O9S2. The summed E-state index contributed by atoms with van der Waals surface area (Å²) in [6.07, 6.45) is 2.32. The van der Waals surface area contributed by atoms with Crippen LogP contribution in [0.2, 0.25) is 0 Å². The van der Waals surface area contributed by atoms with Crippen LogP contribution in [0.3, 0.4) is 0 Å². The lowest BCUT2D eigenvalue weighted by molar-refractivity contribution is 0.0396. The summed E-state index contributed by atoms with van der Waals surface area (Å²) in [5.41, 5.74) is -0.870. The van der Waals surface area contributed by atoms with Crippen molar-refractivity contribution in [3.8, 4) is 0 Å². The number of rotatable bonds is 8. The Kier molecular flexibility index (Phi) is 7.28. The first-order valence-corrected chi connectivity index (χ1v) is 11.5. The van der Waals surface area contributed by atoms with Crippen molar-refractivity contribution in [2.24, 2.45) is 0 Å². The lowest BCUT2D eigenvalue weighted by Gasteiger charge is -2.13. The quantitative estimate of drug-likeness (QED) is 0.259. The van der Waals surface area contributed by atoms with E-state index in [1.54, 1.807) is 0 Å². The molecule has 0 unspecified atom stereocenters. The molecule has 2 rings (SSSR count). The third-order valence-corrected chi connectivity index (χ3v) is 6.02. The van der Waals surface area contributed by atoms with Crippen molar-refractivity contribution in [3.63, 3.8) is 0 Å². The number of esters is 2. The number of carbonyl (C=O) groups is 2. The molecule has 0 aliphatic heterocycles. The zero-order valence-corrected chi connectivity index (χ0v) is 17.6. The maximum Gasteiger partial charge on any atom is 0.346 e. The normalized spacial score (nSPS) is 11.5. The van der Waals surface area contributed by atoms with E-state index in [1.807, 2.05) is 0 Å². The number of hydrogen-bond donors (Lipinski definition) is 2. The molecule has 2 N–H and O–H groups in total. The fraction of sp³-hybridized carbons (Fsp3) is 0.100. The van der Waals surface area contributed by atoms with E-state index >= 15 is 0 Å². The van der Waals surface area contributed by atoms with Crippen LogP contribution in [0.5, 0.6) is 0 Å². The zero-order chi connectivity index (χ0) is 23.4. The molecule has 11 heteroatoms. The molecule has 0 saturated heterocycles. The van der Waals surface area contributed by atoms with Gasteiger partial charge in [0.2, 0.25) is 0 Å². The molecule has 0 saturated carbocycles. The van der Waals surface area contributed by atoms with E-state index in [1.165, 1.54) is 36.4 Å². The summed E-state index contributed by atoms with van der Waals surface area (Å²) in [5.74, 6) is -2.46. The van der Waals surface area contributed by atoms with Gasteiger partial charge >= 0.3 is 11.9 Å². The van der Waals surface area contributed by atoms with E-state index < -0.39 is 42.0 Å². The fourth-order valence-electron chi connectivity index (χ4n) is 2.90. The van der Waals surface area contributed by atoms with Crippen molar-refractivity contribution in [1.29, 1.82) is 0 Å². The van der Waals surface area contributed by atoms with Crippen LogP contribution in [-0.2, 0) is 37.8 Å². The van der Waals surface area contributed by atoms with Crippen LogP contribution in [0.25, 0.3) is 0 Å². The molecule has 0 heterocycles. The van der Waals surface area contributed by atoms with Crippen molar-refractivity contribution in [2.75, 3.05) is 0 Å². The van der Waals surface area contributed by atoms with Gasteiger partial charge in [0.25, 0.3) is 20.2 Å². The van der Waals surface area contributed by atoms with Gasteiger partial charge in [0.05, 0.1) is 20.9 Å². The highest BCUT2D eigenvalue weighted by molar-refractivity contribution is 7.86. The second-order valence-corrected chi connectivity index (χ2v) is 8.96. The van der Waals surface area contributed by atoms with Gasteiger partial charge in [-0.05, 0) is 48.2 Å². The molecule has 0 spiro atoms. The Bertz CT molecular complexity index is 1170. The van der Waals surface area contributed by atoms with E-state index in [0.29, 0.717) is 0 Å². The minimum atomic E-state index is -4.67. The van der Waals surface area contributed by atoms with Gasteiger partial charge in [-0.3, -0.25) is 9.11 Å². The third kappa shape index (κ3) is 5.52. The molecule has 2 aromatic rings. The highest BCUT2D eigenvalue weighted by Gasteiger charge is 2.26. The van der Waals surface area contributed by atoms with Crippen LogP contribution in [-0.4, -0.2) is 37.9 Å². The lowest BCUT2D eigenvalue weighted by atomic mass is 10.0. The first-order chi connectivity index (χ1) is 14.4. The van der Waals surface area contributed by atoms with Crippen LogP contribution in [0, 0.1) is 0 Å². The molecular weight excluding hydrogens is 448 g/mol. The van der Waals surface area contributed by atoms with Crippen molar-refractivity contribution in [1.82, 2.24) is 0 Å². The summed E-state index contributed by atoms with van der Waals surface area (Å²) < 4.78 is 70.0. The molecule has 0 amide bonds. The van der Waals surface area contributed by atoms with E-state index in [4.69, 9.17) is 4.74 Å². The van der Waals surface area contributed by atoms with Crippen molar-refractivity contribution in [2.45, 2.75) is 22.6 Å². The van der Waals surface area contributed by atoms with Crippen molar-refractivity contribution in [3.05, 3.63) is 84.0 Å². The molecule has 31 heavy (non-hydrogen) atoms. The van der Waals surface area contributed by atoms with Gasteiger partial charge in [0, 0.05) is 0 Å². The molecule has 9 nitrogen and oxygen atoms in total. The van der Waals surface area contributed by atoms with Crippen molar-refractivity contribution >= 4 is 32.2 Å². The molecule has 0 bridgehead atoms. The maximum atomic E-state index is 12.6. The molecule has 0 aliphatic rings. The first-order valence-electron chi connectivity index (χ1n) is 8.58. The number of allylic oxidation sites excluding steroid dienone is 2. The summed E-state index contributed by atoms with van der Waals surface area (Å²) >= 11 is 0. The van der Waals surface area contributed by atoms with E-state index in [-0.39, 0.29) is 35.1 Å². The standard InChI is InChI=1S/C20H18O9S2/c1-3-7-13-15(9-5-11-17(13)30(23,24)25)19(21)29-20(22)16-10-6-12-18(31(26,27)28)14(16)8-4-2/h3-6,9-12H,1-2,7-8H2,(H,23,24,25)(H,26,27,28). The van der Waals surface area contributed by atoms with Crippen LogP contribution in [0.1, 0.15) is 31.8 Å². The smallest absolute Gasteiger partial charge is 0.346 e. The predicted molar refractivity (Wildman–Crippen MR) is 110 cm³/mol. The summed E-state index contributed by atoms with van der Waals surface area (Å²) in [6.45, 7) is 6.93. The number of benzene rings is 2. The number of ether oxygens (including phenoxy) is 1. The van der Waals surface area contributed by atoms with E-state index in [2.05, 4.69) is 13.2 Å². The summed E-state index contributed by atoms with van der Waals surface area (Å²) in [7, 11) is -9.35. The summed E-state index contributed by atoms with van der Waals surface area (Å²) in [4.78, 5) is 24.1. The Morgan fingerprint density at radius 1 is 0.774 bits per heavy atom. The molecule has 0 fully saturated rings. The van der Waals surface area contributed by atoms with Crippen molar-refractivity contribution < 1.29 is 40.3 Å². The molecule has 0 atom stereocenters. The average molecular weight is 466 g/mol. The second kappa shape index (κ2) is 9.35. The minimum absolute atomic E-state index is 0.129. The third-order valence-electron chi connectivity index (χ3n) is 4.14. The molecule has 0 radical (unpaired) electrons. The van der Waals surface area contributed by atoms with Gasteiger partial charge in [0.15, 0.2) is 0 Å². The Hall–Kier alpha value is -3.12. The lowest BCUT2D eigenvalue weighted by Crippen LogP contribution is -2.18. The molecule has 0 aliphatic carbocycles. The van der Waals surface area contributed by atoms with Gasteiger partial charge < -0.3 is 4.74 Å². The predicted octanol–water partition coefficient (Wildman–Crippen LogP) is 2.63. The first kappa shape index (κ1) is 24.2. The average Bonchev–Trinajstić information content (AvgIpc) is 2.67. The zero-order valence-electron chi connectivity index (χ0n) is 16.0. The topological polar surface area (TPSA) is 152 Å². The number of hydrogen-bond acceptors (Lipinski definition) is 7. The Balaban J connectivity index is 2.52. The summed E-state index contributed by atoms with van der Waals surface area (Å²) in [5, 5.41) is 0.